The summed E-state index contributed by atoms with van der Waals surface area (Å²) in [5.74, 6) is -0.452. The van der Waals surface area contributed by atoms with Crippen LogP contribution in [0.3, 0.4) is 0 Å². The van der Waals surface area contributed by atoms with Crippen LogP contribution >= 0.6 is 0 Å². The summed E-state index contributed by atoms with van der Waals surface area (Å²) >= 11 is 0. The maximum Gasteiger partial charge on any atom is 1.00 e. The molecule has 86 valence electrons. The van der Waals surface area contributed by atoms with Gasteiger partial charge < -0.3 is 19.1 Å². The molecule has 0 spiro atoms. The van der Waals surface area contributed by atoms with Gasteiger partial charge in [-0.15, -0.1) is 0 Å². The monoisotopic (exact) mass is 262 g/mol. The first-order valence-corrected chi connectivity index (χ1v) is 6.35. The molecule has 0 atom stereocenters. The maximum absolute atomic E-state index is 10.9. The molecule has 5 nitrogen and oxygen atoms in total. The molecular formula is C8H19KO5Si. The SMILES string of the molecule is CCO[Si](OCC)(OCC)OC(C)=O.[H-].[K+]. The summed E-state index contributed by atoms with van der Waals surface area (Å²) in [6.45, 7) is 7.85. The van der Waals surface area contributed by atoms with Crippen molar-refractivity contribution in [2.75, 3.05) is 19.8 Å². The molecular weight excluding hydrogens is 243 g/mol. The quantitative estimate of drug-likeness (QED) is 0.507. The predicted molar refractivity (Wildman–Crippen MR) is 53.5 cm³/mol. The van der Waals surface area contributed by atoms with Gasteiger partial charge in [0.15, 0.2) is 0 Å². The standard InChI is InChI=1S/C8H18O5Si.K.H/c1-5-10-14(11-6-2,12-7-3)13-8(4)9;;/h5-7H2,1-4H3;;/q;+1;-1. The van der Waals surface area contributed by atoms with Crippen LogP contribution in [0.25, 0.3) is 0 Å². The predicted octanol–water partition coefficient (Wildman–Crippen LogP) is -1.79. The van der Waals surface area contributed by atoms with Gasteiger partial charge in [-0.25, -0.2) is 0 Å². The molecule has 0 aromatic rings. The molecule has 0 aromatic heterocycles. The zero-order valence-corrected chi connectivity index (χ0v) is 14.3. The Hall–Kier alpha value is 1.20. The van der Waals surface area contributed by atoms with Crippen molar-refractivity contribution in [3.05, 3.63) is 0 Å². The van der Waals surface area contributed by atoms with Gasteiger partial charge in [-0.2, -0.15) is 0 Å². The van der Waals surface area contributed by atoms with E-state index in [0.29, 0.717) is 19.8 Å². The Morgan fingerprint density at radius 3 is 1.60 bits per heavy atom. The molecule has 0 amide bonds. The summed E-state index contributed by atoms with van der Waals surface area (Å²) in [5.41, 5.74) is 0. The van der Waals surface area contributed by atoms with E-state index in [9.17, 15) is 4.79 Å². The van der Waals surface area contributed by atoms with Gasteiger partial charge in [0.25, 0.3) is 5.97 Å². The van der Waals surface area contributed by atoms with E-state index in [0.717, 1.165) is 0 Å². The summed E-state index contributed by atoms with van der Waals surface area (Å²) < 4.78 is 20.8. The third-order valence-electron chi connectivity index (χ3n) is 1.23. The van der Waals surface area contributed by atoms with Crippen LogP contribution in [0.15, 0.2) is 0 Å². The molecule has 0 fully saturated rings. The van der Waals surface area contributed by atoms with Crippen LogP contribution in [0, 0.1) is 0 Å². The second kappa shape index (κ2) is 10.4. The molecule has 0 heterocycles. The van der Waals surface area contributed by atoms with Gasteiger partial charge >= 0.3 is 60.4 Å². The molecule has 15 heavy (non-hydrogen) atoms. The van der Waals surface area contributed by atoms with Crippen molar-refractivity contribution in [3.63, 3.8) is 0 Å². The van der Waals surface area contributed by atoms with Gasteiger partial charge in [-0.3, -0.25) is 4.79 Å². The van der Waals surface area contributed by atoms with Crippen LogP contribution in [0.4, 0.5) is 0 Å². The largest absolute Gasteiger partial charge is 1.00 e. The van der Waals surface area contributed by atoms with E-state index in [1.165, 1.54) is 6.92 Å². The van der Waals surface area contributed by atoms with Crippen LogP contribution in [-0.4, -0.2) is 34.8 Å². The van der Waals surface area contributed by atoms with Crippen LogP contribution in [0.1, 0.15) is 29.1 Å². The summed E-state index contributed by atoms with van der Waals surface area (Å²) in [5, 5.41) is 0. The Morgan fingerprint density at radius 1 is 1.07 bits per heavy atom. The van der Waals surface area contributed by atoms with Crippen LogP contribution in [0.5, 0.6) is 0 Å². The molecule has 0 saturated heterocycles. The fourth-order valence-electron chi connectivity index (χ4n) is 0.920. The minimum Gasteiger partial charge on any atom is -1.00 e. The third-order valence-corrected chi connectivity index (χ3v) is 3.70. The fraction of sp³-hybridized carbons (Fsp3) is 0.875. The summed E-state index contributed by atoms with van der Waals surface area (Å²) in [6, 6.07) is 0. The molecule has 0 aliphatic carbocycles. The molecule has 0 unspecified atom stereocenters. The minimum atomic E-state index is -3.21. The topological polar surface area (TPSA) is 54.0 Å². The van der Waals surface area contributed by atoms with Gasteiger partial charge in [-0.1, -0.05) is 0 Å². The van der Waals surface area contributed by atoms with Crippen LogP contribution < -0.4 is 51.4 Å². The van der Waals surface area contributed by atoms with E-state index in [4.69, 9.17) is 17.7 Å². The van der Waals surface area contributed by atoms with Crippen LogP contribution in [-0.2, 0) is 22.5 Å². The Morgan fingerprint density at radius 2 is 1.40 bits per heavy atom. The second-order valence-electron chi connectivity index (χ2n) is 2.39. The van der Waals surface area contributed by atoms with E-state index >= 15 is 0 Å². The number of rotatable bonds is 7. The number of hydrogen-bond donors (Lipinski definition) is 0. The first kappa shape index (κ1) is 18.6. The minimum absolute atomic E-state index is 0. The fourth-order valence-corrected chi connectivity index (χ4v) is 2.76. The first-order chi connectivity index (χ1) is 6.60. The van der Waals surface area contributed by atoms with Crippen molar-refractivity contribution in [3.8, 4) is 0 Å². The van der Waals surface area contributed by atoms with Crippen molar-refractivity contribution < 1.29 is 75.3 Å². The normalized spacial score (nSPS) is 10.7. The van der Waals surface area contributed by atoms with Crippen molar-refractivity contribution >= 4 is 15.0 Å². The zero-order chi connectivity index (χ0) is 11.0. The Balaban J connectivity index is -0.000000845. The summed E-state index contributed by atoms with van der Waals surface area (Å²) in [4.78, 5) is 10.9. The first-order valence-electron chi connectivity index (χ1n) is 4.71. The maximum atomic E-state index is 10.9. The number of carbonyl (C=O) groups is 1. The third kappa shape index (κ3) is 8.00. The van der Waals surface area contributed by atoms with Gasteiger partial charge in [0.05, 0.1) is 0 Å². The molecule has 7 heteroatoms. The van der Waals surface area contributed by atoms with Gasteiger partial charge in [0.2, 0.25) is 0 Å². The molecule has 0 N–H and O–H groups in total. The van der Waals surface area contributed by atoms with Crippen molar-refractivity contribution in [2.45, 2.75) is 27.7 Å². The molecule has 0 aliphatic rings. The van der Waals surface area contributed by atoms with Gasteiger partial charge in [-0.05, 0) is 20.8 Å². The average Bonchev–Trinajstić information content (AvgIpc) is 2.03. The zero-order valence-electron chi connectivity index (χ0n) is 11.2. The molecule has 0 aromatic carbocycles. The average molecular weight is 262 g/mol. The molecule has 0 aliphatic heterocycles. The molecule has 0 saturated carbocycles. The smallest absolute Gasteiger partial charge is 1.00 e. The van der Waals surface area contributed by atoms with E-state index in [-0.39, 0.29) is 52.8 Å². The summed E-state index contributed by atoms with van der Waals surface area (Å²) in [7, 11) is -3.21. The van der Waals surface area contributed by atoms with Crippen molar-refractivity contribution in [1.82, 2.24) is 0 Å². The van der Waals surface area contributed by atoms with E-state index < -0.39 is 15.0 Å². The summed E-state index contributed by atoms with van der Waals surface area (Å²) in [6.07, 6.45) is 0. The second-order valence-corrected chi connectivity index (χ2v) is 4.46. The Kier molecular flexibility index (Phi) is 12.8. The molecule has 0 bridgehead atoms. The van der Waals surface area contributed by atoms with Gasteiger partial charge in [0, 0.05) is 26.7 Å². The van der Waals surface area contributed by atoms with E-state index in [1.54, 1.807) is 20.8 Å². The Labute approximate surface area is 136 Å². The van der Waals surface area contributed by atoms with Crippen LogP contribution in [0.2, 0.25) is 0 Å². The number of hydrogen-bond acceptors (Lipinski definition) is 5. The van der Waals surface area contributed by atoms with Gasteiger partial charge in [0.1, 0.15) is 0 Å². The van der Waals surface area contributed by atoms with E-state index in [2.05, 4.69) is 0 Å². The van der Waals surface area contributed by atoms with Crippen molar-refractivity contribution in [1.29, 1.82) is 0 Å². The number of carbonyl (C=O) groups excluding carboxylic acids is 1. The Bertz CT molecular complexity index is 167. The molecule has 0 radical (unpaired) electrons. The van der Waals surface area contributed by atoms with Crippen molar-refractivity contribution in [2.24, 2.45) is 0 Å². The van der Waals surface area contributed by atoms with E-state index in [1.807, 2.05) is 0 Å². The molecule has 0 rings (SSSR count).